The molecule has 2 aromatic rings. The van der Waals surface area contributed by atoms with Crippen molar-refractivity contribution in [3.05, 3.63) is 30.2 Å². The van der Waals surface area contributed by atoms with Crippen molar-refractivity contribution in [2.75, 3.05) is 7.05 Å². The van der Waals surface area contributed by atoms with Gasteiger partial charge in [-0.05, 0) is 44.9 Å². The van der Waals surface area contributed by atoms with Crippen LogP contribution < -0.4 is 5.32 Å². The number of aromatic nitrogens is 1. The molecule has 1 aromatic carbocycles. The molecule has 0 spiro atoms. The van der Waals surface area contributed by atoms with Gasteiger partial charge in [0.1, 0.15) is 5.52 Å². The van der Waals surface area contributed by atoms with Gasteiger partial charge < -0.3 is 9.73 Å². The molecular formula is C16H21N3O. The molecule has 0 amide bonds. The van der Waals surface area contributed by atoms with Crippen LogP contribution in [0.5, 0.6) is 0 Å². The predicted molar refractivity (Wildman–Crippen MR) is 78.4 cm³/mol. The molecule has 1 N–H and O–H groups in total. The Morgan fingerprint density at radius 3 is 2.75 bits per heavy atom. The van der Waals surface area contributed by atoms with Gasteiger partial charge in [0.05, 0.1) is 6.54 Å². The highest BCUT2D eigenvalue weighted by Crippen LogP contribution is 2.30. The van der Waals surface area contributed by atoms with Crippen molar-refractivity contribution < 1.29 is 4.42 Å². The van der Waals surface area contributed by atoms with E-state index in [0.29, 0.717) is 6.04 Å². The minimum Gasteiger partial charge on any atom is -0.439 e. The van der Waals surface area contributed by atoms with Gasteiger partial charge in [-0.1, -0.05) is 12.1 Å². The second-order valence-electron chi connectivity index (χ2n) is 6.25. The Balaban J connectivity index is 1.47. The number of nitrogens with zero attached hydrogens (tertiary/aromatic N) is 2. The van der Waals surface area contributed by atoms with Crippen LogP contribution in [-0.2, 0) is 6.54 Å². The van der Waals surface area contributed by atoms with E-state index in [2.05, 4.69) is 22.2 Å². The van der Waals surface area contributed by atoms with Crippen LogP contribution in [0.2, 0.25) is 0 Å². The summed E-state index contributed by atoms with van der Waals surface area (Å²) in [6.07, 6.45) is 5.20. The van der Waals surface area contributed by atoms with Crippen molar-refractivity contribution in [2.24, 2.45) is 0 Å². The zero-order chi connectivity index (χ0) is 13.5. The highest BCUT2D eigenvalue weighted by Gasteiger charge is 2.35. The second kappa shape index (κ2) is 4.86. The van der Waals surface area contributed by atoms with Crippen LogP contribution in [0.15, 0.2) is 28.7 Å². The van der Waals surface area contributed by atoms with Gasteiger partial charge in [0.2, 0.25) is 5.89 Å². The number of oxazole rings is 1. The van der Waals surface area contributed by atoms with Crippen LogP contribution in [-0.4, -0.2) is 35.1 Å². The maximum atomic E-state index is 5.83. The fourth-order valence-corrected chi connectivity index (χ4v) is 3.72. The quantitative estimate of drug-likeness (QED) is 0.931. The Kier molecular flexibility index (Phi) is 3.00. The molecule has 2 fully saturated rings. The Hall–Kier alpha value is -1.39. The minimum absolute atomic E-state index is 0.656. The van der Waals surface area contributed by atoms with Crippen LogP contribution in [0, 0.1) is 0 Å². The molecule has 3 heterocycles. The van der Waals surface area contributed by atoms with Gasteiger partial charge in [-0.3, -0.25) is 4.90 Å². The fourth-order valence-electron chi connectivity index (χ4n) is 3.72. The second-order valence-corrected chi connectivity index (χ2v) is 6.25. The lowest BCUT2D eigenvalue weighted by atomic mass is 9.98. The fraction of sp³-hybridized carbons (Fsp3) is 0.562. The van der Waals surface area contributed by atoms with E-state index >= 15 is 0 Å². The van der Waals surface area contributed by atoms with E-state index in [0.717, 1.165) is 35.6 Å². The zero-order valence-electron chi connectivity index (χ0n) is 11.9. The molecule has 2 unspecified atom stereocenters. The third kappa shape index (κ3) is 2.23. The van der Waals surface area contributed by atoms with Gasteiger partial charge in [0.15, 0.2) is 5.58 Å². The molecular weight excluding hydrogens is 250 g/mol. The molecule has 2 atom stereocenters. The van der Waals surface area contributed by atoms with Crippen molar-refractivity contribution in [1.29, 1.82) is 0 Å². The molecule has 20 heavy (non-hydrogen) atoms. The smallest absolute Gasteiger partial charge is 0.209 e. The molecule has 0 saturated carbocycles. The van der Waals surface area contributed by atoms with E-state index < -0.39 is 0 Å². The first-order chi connectivity index (χ1) is 9.78. The molecule has 1 aromatic heterocycles. The van der Waals surface area contributed by atoms with E-state index in [4.69, 9.17) is 4.42 Å². The summed E-state index contributed by atoms with van der Waals surface area (Å²) >= 11 is 0. The number of hydrogen-bond donors (Lipinski definition) is 1. The number of piperidine rings is 1. The maximum Gasteiger partial charge on any atom is 0.209 e. The highest BCUT2D eigenvalue weighted by molar-refractivity contribution is 5.72. The molecule has 0 aliphatic carbocycles. The van der Waals surface area contributed by atoms with E-state index in [1.54, 1.807) is 0 Å². The van der Waals surface area contributed by atoms with Gasteiger partial charge in [0, 0.05) is 18.1 Å². The summed E-state index contributed by atoms with van der Waals surface area (Å²) in [5, 5.41) is 3.69. The van der Waals surface area contributed by atoms with E-state index in [1.165, 1.54) is 25.7 Å². The van der Waals surface area contributed by atoms with E-state index in [9.17, 15) is 0 Å². The molecule has 4 nitrogen and oxygen atoms in total. The maximum absolute atomic E-state index is 5.83. The molecule has 0 radical (unpaired) electrons. The largest absolute Gasteiger partial charge is 0.439 e. The Morgan fingerprint density at radius 1 is 1.25 bits per heavy atom. The molecule has 106 valence electrons. The molecule has 4 heteroatoms. The Morgan fingerprint density at radius 2 is 2.00 bits per heavy atom. The number of nitrogens with one attached hydrogen (secondary N) is 1. The third-order valence-corrected chi connectivity index (χ3v) is 4.79. The normalized spacial score (nSPS) is 29.4. The number of rotatable bonds is 3. The molecule has 4 rings (SSSR count). The number of para-hydroxylation sites is 2. The molecule has 2 saturated heterocycles. The summed E-state index contributed by atoms with van der Waals surface area (Å²) in [4.78, 5) is 6.99. The number of benzene rings is 1. The summed E-state index contributed by atoms with van der Waals surface area (Å²) < 4.78 is 5.83. The standard InChI is InChI=1S/C16H21N3O/c1-19(13-8-11-6-7-12(9-13)17-11)10-16-18-14-4-2-3-5-15(14)20-16/h2-5,11-13,17H,6-10H2,1H3. The van der Waals surface area contributed by atoms with Crippen molar-refractivity contribution in [2.45, 2.75) is 50.4 Å². The summed E-state index contributed by atoms with van der Waals surface area (Å²) in [5.74, 6) is 0.833. The lowest BCUT2D eigenvalue weighted by Gasteiger charge is -2.34. The van der Waals surface area contributed by atoms with Gasteiger partial charge in [-0.2, -0.15) is 0 Å². The van der Waals surface area contributed by atoms with Crippen LogP contribution in [0.3, 0.4) is 0 Å². The predicted octanol–water partition coefficient (Wildman–Crippen LogP) is 2.54. The number of hydrogen-bond acceptors (Lipinski definition) is 4. The molecule has 2 aliphatic rings. The van der Waals surface area contributed by atoms with Gasteiger partial charge in [0.25, 0.3) is 0 Å². The monoisotopic (exact) mass is 271 g/mol. The van der Waals surface area contributed by atoms with E-state index in [1.807, 2.05) is 24.3 Å². The summed E-state index contributed by atoms with van der Waals surface area (Å²) in [5.41, 5.74) is 1.85. The highest BCUT2D eigenvalue weighted by atomic mass is 16.3. The summed E-state index contributed by atoms with van der Waals surface area (Å²) in [6, 6.07) is 10.1. The molecule has 2 bridgehead atoms. The van der Waals surface area contributed by atoms with Crippen LogP contribution in [0.25, 0.3) is 11.1 Å². The lowest BCUT2D eigenvalue weighted by Crippen LogP contribution is -2.46. The van der Waals surface area contributed by atoms with E-state index in [-0.39, 0.29) is 0 Å². The minimum atomic E-state index is 0.656. The van der Waals surface area contributed by atoms with Crippen molar-refractivity contribution in [3.63, 3.8) is 0 Å². The average Bonchev–Trinajstić information content (AvgIpc) is 3.01. The third-order valence-electron chi connectivity index (χ3n) is 4.79. The SMILES string of the molecule is CN(Cc1nc2ccccc2o1)C1CC2CCC(C1)N2. The van der Waals surface area contributed by atoms with Crippen molar-refractivity contribution in [1.82, 2.24) is 15.2 Å². The first kappa shape index (κ1) is 12.4. The zero-order valence-corrected chi connectivity index (χ0v) is 11.9. The Bertz CT molecular complexity index is 564. The molecule has 2 aliphatic heterocycles. The van der Waals surface area contributed by atoms with Gasteiger partial charge >= 0.3 is 0 Å². The van der Waals surface area contributed by atoms with Gasteiger partial charge in [-0.25, -0.2) is 4.98 Å². The van der Waals surface area contributed by atoms with Crippen LogP contribution >= 0.6 is 0 Å². The summed E-state index contributed by atoms with van der Waals surface area (Å²) in [7, 11) is 2.20. The van der Waals surface area contributed by atoms with Gasteiger partial charge in [-0.15, -0.1) is 0 Å². The summed E-state index contributed by atoms with van der Waals surface area (Å²) in [6.45, 7) is 0.804. The topological polar surface area (TPSA) is 41.3 Å². The van der Waals surface area contributed by atoms with Crippen LogP contribution in [0.1, 0.15) is 31.6 Å². The van der Waals surface area contributed by atoms with Crippen molar-refractivity contribution >= 4 is 11.1 Å². The first-order valence-corrected chi connectivity index (χ1v) is 7.58. The Labute approximate surface area is 119 Å². The van der Waals surface area contributed by atoms with Crippen LogP contribution in [0.4, 0.5) is 0 Å². The lowest BCUT2D eigenvalue weighted by molar-refractivity contribution is 0.155. The average molecular weight is 271 g/mol. The first-order valence-electron chi connectivity index (χ1n) is 7.58. The number of fused-ring (bicyclic) bond motifs is 3. The van der Waals surface area contributed by atoms with Crippen molar-refractivity contribution in [3.8, 4) is 0 Å².